The minimum atomic E-state index is -0.720. The van der Waals surface area contributed by atoms with Crippen LogP contribution in [-0.4, -0.2) is 27.4 Å². The molecule has 0 fully saturated rings. The van der Waals surface area contributed by atoms with Crippen LogP contribution >= 0.6 is 11.5 Å². The van der Waals surface area contributed by atoms with E-state index >= 15 is 0 Å². The van der Waals surface area contributed by atoms with Crippen molar-refractivity contribution in [3.8, 4) is 17.3 Å². The van der Waals surface area contributed by atoms with Gasteiger partial charge in [0, 0.05) is 17.7 Å². The molecule has 0 spiro atoms. The third-order valence-corrected chi connectivity index (χ3v) is 3.60. The van der Waals surface area contributed by atoms with Crippen LogP contribution in [0.25, 0.3) is 11.5 Å². The minimum Gasteiger partial charge on any atom is -0.494 e. The van der Waals surface area contributed by atoms with Gasteiger partial charge in [0.25, 0.3) is 5.91 Å². The maximum atomic E-state index is 14.1. The molecular weight excluding hydrogens is 319 g/mol. The van der Waals surface area contributed by atoms with Gasteiger partial charge in [0.05, 0.1) is 12.7 Å². The van der Waals surface area contributed by atoms with Crippen LogP contribution in [0.2, 0.25) is 0 Å². The van der Waals surface area contributed by atoms with Crippen LogP contribution in [-0.2, 0) is 0 Å². The number of aromatic nitrogens is 3. The summed E-state index contributed by atoms with van der Waals surface area (Å²) in [6.45, 7) is 0. The third-order valence-electron chi connectivity index (χ3n) is 2.97. The van der Waals surface area contributed by atoms with Gasteiger partial charge in [0.2, 0.25) is 5.13 Å². The fourth-order valence-electron chi connectivity index (χ4n) is 1.88. The summed E-state index contributed by atoms with van der Waals surface area (Å²) in [6, 6.07) is 9.70. The van der Waals surface area contributed by atoms with E-state index in [1.54, 1.807) is 18.3 Å². The van der Waals surface area contributed by atoms with Crippen LogP contribution < -0.4 is 10.1 Å². The first kappa shape index (κ1) is 15.0. The number of hydrogen-bond acceptors (Lipinski definition) is 6. The predicted octanol–water partition coefficient (Wildman–Crippen LogP) is 3.00. The van der Waals surface area contributed by atoms with Crippen molar-refractivity contribution in [1.82, 2.24) is 14.3 Å². The van der Waals surface area contributed by atoms with Crippen LogP contribution in [0.5, 0.6) is 5.75 Å². The number of halogens is 1. The highest BCUT2D eigenvalue weighted by molar-refractivity contribution is 7.10. The maximum absolute atomic E-state index is 14.1. The molecule has 0 aliphatic carbocycles. The Morgan fingerprint density at radius 2 is 2.13 bits per heavy atom. The highest BCUT2D eigenvalue weighted by Crippen LogP contribution is 2.23. The van der Waals surface area contributed by atoms with Crippen LogP contribution in [0.3, 0.4) is 0 Å². The number of benzene rings is 1. The Morgan fingerprint density at radius 3 is 2.87 bits per heavy atom. The van der Waals surface area contributed by atoms with Gasteiger partial charge in [0.15, 0.2) is 17.4 Å². The van der Waals surface area contributed by atoms with E-state index in [2.05, 4.69) is 19.7 Å². The largest absolute Gasteiger partial charge is 0.494 e. The number of ether oxygens (including phenoxy) is 1. The number of anilines is 1. The van der Waals surface area contributed by atoms with Crippen LogP contribution in [0.4, 0.5) is 9.52 Å². The molecule has 0 unspecified atom stereocenters. The van der Waals surface area contributed by atoms with Gasteiger partial charge in [-0.3, -0.25) is 15.1 Å². The lowest BCUT2D eigenvalue weighted by atomic mass is 10.2. The van der Waals surface area contributed by atoms with Gasteiger partial charge < -0.3 is 4.74 Å². The molecule has 0 bridgehead atoms. The molecule has 1 aromatic carbocycles. The summed E-state index contributed by atoms with van der Waals surface area (Å²) in [4.78, 5) is 20.5. The zero-order chi connectivity index (χ0) is 16.2. The molecule has 6 nitrogen and oxygen atoms in total. The zero-order valence-corrected chi connectivity index (χ0v) is 12.8. The van der Waals surface area contributed by atoms with Crippen molar-refractivity contribution in [2.24, 2.45) is 0 Å². The fraction of sp³-hybridized carbons (Fsp3) is 0.0667. The summed E-state index contributed by atoms with van der Waals surface area (Å²) in [5, 5.41) is 2.79. The second-order valence-corrected chi connectivity index (χ2v) is 5.17. The summed E-state index contributed by atoms with van der Waals surface area (Å²) in [5.41, 5.74) is 0.468. The topological polar surface area (TPSA) is 77.0 Å². The van der Waals surface area contributed by atoms with Crippen molar-refractivity contribution in [1.29, 1.82) is 0 Å². The van der Waals surface area contributed by atoms with Crippen molar-refractivity contribution in [3.05, 3.63) is 54.0 Å². The normalized spacial score (nSPS) is 10.3. The molecule has 1 N–H and O–H groups in total. The maximum Gasteiger partial charge on any atom is 0.260 e. The summed E-state index contributed by atoms with van der Waals surface area (Å²) < 4.78 is 23.1. The minimum absolute atomic E-state index is 0.00379. The van der Waals surface area contributed by atoms with E-state index in [9.17, 15) is 9.18 Å². The lowest BCUT2D eigenvalue weighted by molar-refractivity contribution is 0.102. The summed E-state index contributed by atoms with van der Waals surface area (Å²) in [6.07, 6.45) is 1.63. The van der Waals surface area contributed by atoms with Gasteiger partial charge in [-0.2, -0.15) is 9.36 Å². The summed E-state index contributed by atoms with van der Waals surface area (Å²) >= 11 is 0.996. The molecule has 0 radical (unpaired) electrons. The van der Waals surface area contributed by atoms with Crippen LogP contribution in [0.1, 0.15) is 10.4 Å². The van der Waals surface area contributed by atoms with Crippen molar-refractivity contribution < 1.29 is 13.9 Å². The third kappa shape index (κ3) is 3.16. The molecule has 0 saturated heterocycles. The molecule has 23 heavy (non-hydrogen) atoms. The summed E-state index contributed by atoms with van der Waals surface area (Å²) in [7, 11) is 1.34. The Morgan fingerprint density at radius 1 is 1.26 bits per heavy atom. The number of carbonyl (C=O) groups excluding carboxylic acids is 1. The van der Waals surface area contributed by atoms with E-state index in [-0.39, 0.29) is 16.4 Å². The van der Waals surface area contributed by atoms with Crippen LogP contribution in [0, 0.1) is 5.82 Å². The molecule has 0 aliphatic heterocycles. The van der Waals surface area contributed by atoms with E-state index in [1.807, 2.05) is 6.07 Å². The second-order valence-electron chi connectivity index (χ2n) is 4.41. The van der Waals surface area contributed by atoms with E-state index in [0.717, 1.165) is 11.5 Å². The molecule has 0 atom stereocenters. The fourth-order valence-corrected chi connectivity index (χ4v) is 2.45. The van der Waals surface area contributed by atoms with Crippen molar-refractivity contribution >= 4 is 22.6 Å². The van der Waals surface area contributed by atoms with Gasteiger partial charge in [-0.05, 0) is 24.3 Å². The first-order chi connectivity index (χ1) is 11.2. The lowest BCUT2D eigenvalue weighted by Gasteiger charge is -2.06. The monoisotopic (exact) mass is 330 g/mol. The average Bonchev–Trinajstić information content (AvgIpc) is 3.04. The van der Waals surface area contributed by atoms with Crippen molar-refractivity contribution in [3.63, 3.8) is 0 Å². The van der Waals surface area contributed by atoms with Gasteiger partial charge in [-0.25, -0.2) is 4.39 Å². The highest BCUT2D eigenvalue weighted by Gasteiger charge is 2.17. The molecule has 3 rings (SSSR count). The molecule has 3 aromatic rings. The number of rotatable bonds is 4. The Kier molecular flexibility index (Phi) is 4.24. The Bertz CT molecular complexity index is 839. The standard InChI is InChI=1S/C15H11FN4O2S/c1-22-11-7-4-5-9(12(11)16)14(21)19-15-18-13(20-23-15)10-6-2-3-8-17-10/h2-8H,1H3,(H,18,19,20,21). The van der Waals surface area contributed by atoms with E-state index in [0.29, 0.717) is 11.5 Å². The van der Waals surface area contributed by atoms with Crippen molar-refractivity contribution in [2.75, 3.05) is 12.4 Å². The van der Waals surface area contributed by atoms with Gasteiger partial charge >= 0.3 is 0 Å². The Hall–Kier alpha value is -2.87. The van der Waals surface area contributed by atoms with Gasteiger partial charge in [0.1, 0.15) is 5.69 Å². The lowest BCUT2D eigenvalue weighted by Crippen LogP contribution is -2.14. The number of carbonyl (C=O) groups is 1. The van der Waals surface area contributed by atoms with E-state index in [4.69, 9.17) is 4.74 Å². The molecule has 2 heterocycles. The quantitative estimate of drug-likeness (QED) is 0.796. The zero-order valence-electron chi connectivity index (χ0n) is 12.0. The Balaban J connectivity index is 1.80. The molecule has 1 amide bonds. The molecule has 0 aliphatic rings. The Labute approximate surface area is 135 Å². The van der Waals surface area contributed by atoms with Gasteiger partial charge in [-0.1, -0.05) is 12.1 Å². The first-order valence-corrected chi connectivity index (χ1v) is 7.35. The molecule has 2 aromatic heterocycles. The van der Waals surface area contributed by atoms with Crippen molar-refractivity contribution in [2.45, 2.75) is 0 Å². The summed E-state index contributed by atoms with van der Waals surface area (Å²) in [5.74, 6) is -0.937. The number of nitrogens with zero attached hydrogens (tertiary/aromatic N) is 3. The molecule has 0 saturated carbocycles. The first-order valence-electron chi connectivity index (χ1n) is 6.58. The number of methoxy groups -OCH3 is 1. The number of nitrogens with one attached hydrogen (secondary N) is 1. The number of hydrogen-bond donors (Lipinski definition) is 1. The van der Waals surface area contributed by atoms with E-state index in [1.165, 1.54) is 25.3 Å². The predicted molar refractivity (Wildman–Crippen MR) is 84.0 cm³/mol. The SMILES string of the molecule is COc1cccc(C(=O)Nc2nc(-c3ccccn3)ns2)c1F. The van der Waals surface area contributed by atoms with Gasteiger partial charge in [-0.15, -0.1) is 0 Å². The average molecular weight is 330 g/mol. The number of amides is 1. The smallest absolute Gasteiger partial charge is 0.260 e. The van der Waals surface area contributed by atoms with Crippen LogP contribution in [0.15, 0.2) is 42.6 Å². The molecule has 8 heteroatoms. The van der Waals surface area contributed by atoms with E-state index < -0.39 is 11.7 Å². The molecular formula is C15H11FN4O2S. The highest BCUT2D eigenvalue weighted by atomic mass is 32.1. The molecule has 116 valence electrons. The number of pyridine rings is 1. The second kappa shape index (κ2) is 6.49.